The van der Waals surface area contributed by atoms with Gasteiger partial charge in [-0.05, 0) is 40.7 Å². The van der Waals surface area contributed by atoms with Crippen LogP contribution in [0.4, 0.5) is 0 Å². The number of carbonyl (C=O) groups is 1. The Morgan fingerprint density at radius 1 is 0.909 bits per heavy atom. The molecule has 0 saturated carbocycles. The Morgan fingerprint density at radius 2 is 1.59 bits per heavy atom. The number of benzene rings is 3. The maximum atomic E-state index is 12.2. The van der Waals surface area contributed by atoms with Crippen LogP contribution in [-0.4, -0.2) is 14.7 Å². The van der Waals surface area contributed by atoms with Gasteiger partial charge in [-0.15, -0.1) is 0 Å². The molecule has 0 fully saturated rings. The van der Waals surface area contributed by atoms with Gasteiger partial charge in [-0.2, -0.15) is 0 Å². The lowest BCUT2D eigenvalue weighted by Crippen LogP contribution is -2.09. The van der Waals surface area contributed by atoms with E-state index >= 15 is 0 Å². The van der Waals surface area contributed by atoms with Crippen LogP contribution >= 0.6 is 0 Å². The van der Waals surface area contributed by atoms with E-state index < -0.39 is 17.0 Å². The summed E-state index contributed by atoms with van der Waals surface area (Å²) in [5.41, 5.74) is 0.403. The highest BCUT2D eigenvalue weighted by molar-refractivity contribution is 7.79. The van der Waals surface area contributed by atoms with Crippen LogP contribution in [0.3, 0.4) is 0 Å². The fourth-order valence-electron chi connectivity index (χ4n) is 2.23. The lowest BCUT2D eigenvalue weighted by molar-refractivity contribution is 0.0737. The molecule has 22 heavy (non-hydrogen) atoms. The predicted octanol–water partition coefficient (Wildman–Crippen LogP) is 3.30. The van der Waals surface area contributed by atoms with Gasteiger partial charge < -0.3 is 9.29 Å². The highest BCUT2D eigenvalue weighted by Gasteiger charge is 2.13. The molecule has 3 aromatic rings. The fraction of sp³-hybridized carbons (Fsp3) is 0. The summed E-state index contributed by atoms with van der Waals surface area (Å²) >= 11 is -2.41. The molecule has 0 amide bonds. The largest absolute Gasteiger partial charge is 0.768 e. The van der Waals surface area contributed by atoms with Crippen molar-refractivity contribution in [3.05, 3.63) is 72.3 Å². The van der Waals surface area contributed by atoms with Crippen molar-refractivity contribution in [2.75, 3.05) is 0 Å². The first-order valence-corrected chi connectivity index (χ1v) is 7.62. The average molecular weight is 311 g/mol. The first-order valence-electron chi connectivity index (χ1n) is 6.55. The molecule has 0 spiro atoms. The lowest BCUT2D eigenvalue weighted by Gasteiger charge is -2.13. The number of hydrogen-bond donors (Lipinski definition) is 0. The van der Waals surface area contributed by atoms with Gasteiger partial charge in [0.2, 0.25) is 0 Å². The molecular weight excluding hydrogens is 300 g/mol. The van der Waals surface area contributed by atoms with E-state index in [1.165, 1.54) is 6.07 Å². The summed E-state index contributed by atoms with van der Waals surface area (Å²) < 4.78 is 28.2. The molecule has 5 heteroatoms. The molecule has 0 bridgehead atoms. The van der Waals surface area contributed by atoms with Crippen LogP contribution in [0.2, 0.25) is 0 Å². The summed E-state index contributed by atoms with van der Waals surface area (Å²) in [5.74, 6) is -0.300. The number of ether oxygens (including phenoxy) is 1. The van der Waals surface area contributed by atoms with E-state index in [1.807, 2.05) is 0 Å². The molecule has 3 rings (SSSR count). The van der Waals surface area contributed by atoms with Crippen molar-refractivity contribution >= 4 is 27.8 Å². The Hall–Kier alpha value is -2.50. The smallest absolute Gasteiger partial charge is 0.343 e. The molecule has 0 radical (unpaired) electrons. The van der Waals surface area contributed by atoms with Crippen molar-refractivity contribution in [1.29, 1.82) is 0 Å². The minimum atomic E-state index is -2.41. The van der Waals surface area contributed by atoms with E-state index in [0.29, 0.717) is 16.3 Å². The highest BCUT2D eigenvalue weighted by Crippen LogP contribution is 2.31. The molecule has 0 saturated heterocycles. The van der Waals surface area contributed by atoms with Crippen LogP contribution in [-0.2, 0) is 11.1 Å². The molecule has 0 aliphatic rings. The quantitative estimate of drug-likeness (QED) is 0.423. The third-order valence-electron chi connectivity index (χ3n) is 3.22. The zero-order valence-electron chi connectivity index (χ0n) is 11.4. The van der Waals surface area contributed by atoms with E-state index in [1.54, 1.807) is 60.7 Å². The molecule has 0 heterocycles. The third kappa shape index (κ3) is 2.77. The lowest BCUT2D eigenvalue weighted by atomic mass is 10.1. The fourth-order valence-corrected chi connectivity index (χ4v) is 2.80. The van der Waals surface area contributed by atoms with E-state index in [2.05, 4.69) is 0 Å². The summed E-state index contributed by atoms with van der Waals surface area (Å²) in [4.78, 5) is 12.3. The molecular formula is C17H11O4S-. The van der Waals surface area contributed by atoms with Crippen molar-refractivity contribution in [3.63, 3.8) is 0 Å². The summed E-state index contributed by atoms with van der Waals surface area (Å²) in [6.45, 7) is 0. The summed E-state index contributed by atoms with van der Waals surface area (Å²) in [6, 6.07) is 18.5. The van der Waals surface area contributed by atoms with Crippen LogP contribution in [0.1, 0.15) is 10.4 Å². The normalized spacial score (nSPS) is 12.0. The van der Waals surface area contributed by atoms with Gasteiger partial charge in [-0.25, -0.2) is 4.79 Å². The van der Waals surface area contributed by atoms with Crippen molar-refractivity contribution in [2.45, 2.75) is 4.90 Å². The van der Waals surface area contributed by atoms with Gasteiger partial charge in [0, 0.05) is 10.3 Å². The number of carbonyl (C=O) groups excluding carboxylic acids is 1. The standard InChI is InChI=1S/C17H12O4S/c18-17(13-6-2-1-3-7-13)21-14-10-4-8-12-9-5-11-15(16(12)14)22(19)20/h1-11H,(H,19,20)/p-1. The molecule has 1 atom stereocenters. The third-order valence-corrected chi connectivity index (χ3v) is 3.92. The van der Waals surface area contributed by atoms with Gasteiger partial charge in [0.15, 0.2) is 0 Å². The number of rotatable bonds is 3. The average Bonchev–Trinajstić information content (AvgIpc) is 2.55. The minimum Gasteiger partial charge on any atom is -0.768 e. The predicted molar refractivity (Wildman–Crippen MR) is 82.5 cm³/mol. The van der Waals surface area contributed by atoms with Crippen molar-refractivity contribution in [1.82, 2.24) is 0 Å². The van der Waals surface area contributed by atoms with Gasteiger partial charge in [0.05, 0.1) is 5.56 Å². The van der Waals surface area contributed by atoms with Crippen molar-refractivity contribution < 1.29 is 18.3 Å². The van der Waals surface area contributed by atoms with E-state index in [0.717, 1.165) is 0 Å². The second-order valence-corrected chi connectivity index (χ2v) is 5.51. The van der Waals surface area contributed by atoms with Gasteiger partial charge in [0.1, 0.15) is 5.75 Å². The van der Waals surface area contributed by atoms with E-state index in [4.69, 9.17) is 4.74 Å². The molecule has 110 valence electrons. The van der Waals surface area contributed by atoms with Crippen molar-refractivity contribution in [2.24, 2.45) is 0 Å². The monoisotopic (exact) mass is 311 g/mol. The zero-order chi connectivity index (χ0) is 15.5. The van der Waals surface area contributed by atoms with E-state index in [-0.39, 0.29) is 10.6 Å². The Bertz CT molecular complexity index is 854. The van der Waals surface area contributed by atoms with Crippen molar-refractivity contribution in [3.8, 4) is 5.75 Å². The first-order chi connectivity index (χ1) is 10.7. The van der Waals surface area contributed by atoms with Gasteiger partial charge in [0.25, 0.3) is 0 Å². The van der Waals surface area contributed by atoms with Crippen LogP contribution in [0.15, 0.2) is 71.6 Å². The van der Waals surface area contributed by atoms with E-state index in [9.17, 15) is 13.6 Å². The molecule has 0 aromatic heterocycles. The zero-order valence-corrected chi connectivity index (χ0v) is 12.2. The van der Waals surface area contributed by atoms with Gasteiger partial charge in [-0.3, -0.25) is 4.21 Å². The maximum Gasteiger partial charge on any atom is 0.343 e. The Labute approximate surface area is 129 Å². The highest BCUT2D eigenvalue weighted by atomic mass is 32.2. The summed E-state index contributed by atoms with van der Waals surface area (Å²) in [5, 5.41) is 1.10. The van der Waals surface area contributed by atoms with Crippen LogP contribution in [0, 0.1) is 0 Å². The number of hydrogen-bond acceptors (Lipinski definition) is 4. The maximum absolute atomic E-state index is 12.2. The molecule has 0 aliphatic carbocycles. The second-order valence-electron chi connectivity index (χ2n) is 4.60. The summed E-state index contributed by atoms with van der Waals surface area (Å²) in [6.07, 6.45) is 0. The van der Waals surface area contributed by atoms with Gasteiger partial charge >= 0.3 is 5.97 Å². The molecule has 0 aliphatic heterocycles. The Balaban J connectivity index is 2.08. The van der Waals surface area contributed by atoms with Crippen LogP contribution < -0.4 is 4.74 Å². The van der Waals surface area contributed by atoms with Gasteiger partial charge in [-0.1, -0.05) is 42.5 Å². The molecule has 4 nitrogen and oxygen atoms in total. The molecule has 0 N–H and O–H groups in total. The minimum absolute atomic E-state index is 0.106. The Kier molecular flexibility index (Phi) is 4.00. The SMILES string of the molecule is O=C(Oc1cccc2cccc(S(=O)[O-])c12)c1ccccc1. The number of esters is 1. The second kappa shape index (κ2) is 6.09. The number of fused-ring (bicyclic) bond motifs is 1. The first kappa shape index (κ1) is 14.4. The summed E-state index contributed by atoms with van der Waals surface area (Å²) in [7, 11) is 0. The van der Waals surface area contributed by atoms with Crippen LogP contribution in [0.5, 0.6) is 5.75 Å². The molecule has 3 aromatic carbocycles. The Morgan fingerprint density at radius 3 is 2.27 bits per heavy atom. The molecule has 1 unspecified atom stereocenters. The van der Waals surface area contributed by atoms with Crippen LogP contribution in [0.25, 0.3) is 10.8 Å². The topological polar surface area (TPSA) is 66.4 Å².